The second-order valence-electron chi connectivity index (χ2n) is 5.85. The summed E-state index contributed by atoms with van der Waals surface area (Å²) in [6.45, 7) is 0.698. The number of nitrogens with one attached hydrogen (secondary N) is 2. The van der Waals surface area contributed by atoms with E-state index in [9.17, 15) is 4.79 Å². The van der Waals surface area contributed by atoms with E-state index in [1.807, 2.05) is 41.1 Å². The lowest BCUT2D eigenvalue weighted by atomic mass is 10.2. The normalized spacial score (nSPS) is 10.9. The summed E-state index contributed by atoms with van der Waals surface area (Å²) in [4.78, 5) is 20.8. The fraction of sp³-hybridized carbons (Fsp3) is 0.111. The summed E-state index contributed by atoms with van der Waals surface area (Å²) >= 11 is 5.96. The van der Waals surface area contributed by atoms with Crippen molar-refractivity contribution in [3.8, 4) is 5.82 Å². The zero-order valence-corrected chi connectivity index (χ0v) is 15.0. The first-order valence-electron chi connectivity index (χ1n) is 8.27. The van der Waals surface area contributed by atoms with Gasteiger partial charge in [-0.1, -0.05) is 11.6 Å². The number of fused-ring (bicyclic) bond motifs is 1. The molecule has 27 heavy (non-hydrogen) atoms. The molecule has 0 spiro atoms. The highest BCUT2D eigenvalue weighted by molar-refractivity contribution is 6.30. The van der Waals surface area contributed by atoms with E-state index in [1.54, 1.807) is 29.3 Å². The first kappa shape index (κ1) is 17.0. The fourth-order valence-electron chi connectivity index (χ4n) is 2.62. The third kappa shape index (κ3) is 4.06. The van der Waals surface area contributed by atoms with Crippen molar-refractivity contribution < 1.29 is 4.79 Å². The predicted molar refractivity (Wildman–Crippen MR) is 101 cm³/mol. The molecule has 0 unspecified atom stereocenters. The molecule has 8 nitrogen and oxygen atoms in total. The molecule has 0 aliphatic carbocycles. The molecule has 2 amide bonds. The minimum atomic E-state index is -0.275. The van der Waals surface area contributed by atoms with Gasteiger partial charge < -0.3 is 15.0 Å². The van der Waals surface area contributed by atoms with Crippen molar-refractivity contribution in [2.45, 2.75) is 13.1 Å². The Morgan fingerprint density at radius 3 is 2.85 bits per heavy atom. The van der Waals surface area contributed by atoms with Crippen LogP contribution in [0.1, 0.15) is 11.3 Å². The van der Waals surface area contributed by atoms with Crippen LogP contribution < -0.4 is 10.6 Å². The van der Waals surface area contributed by atoms with Crippen LogP contribution in [0.25, 0.3) is 11.5 Å². The third-order valence-electron chi connectivity index (χ3n) is 3.90. The fourth-order valence-corrected chi connectivity index (χ4v) is 2.79. The first-order valence-corrected chi connectivity index (χ1v) is 8.65. The Hall–Kier alpha value is -3.39. The quantitative estimate of drug-likeness (QED) is 0.556. The van der Waals surface area contributed by atoms with Crippen LogP contribution in [-0.2, 0) is 13.1 Å². The van der Waals surface area contributed by atoms with Gasteiger partial charge in [-0.05, 0) is 35.9 Å². The molecular formula is C18H16ClN7O. The Morgan fingerprint density at radius 2 is 2.00 bits per heavy atom. The third-order valence-corrected chi connectivity index (χ3v) is 4.12. The van der Waals surface area contributed by atoms with E-state index in [-0.39, 0.29) is 6.03 Å². The van der Waals surface area contributed by atoms with Gasteiger partial charge in [0.15, 0.2) is 5.82 Å². The van der Waals surface area contributed by atoms with E-state index in [4.69, 9.17) is 11.6 Å². The van der Waals surface area contributed by atoms with Gasteiger partial charge in [0, 0.05) is 37.5 Å². The topological polar surface area (TPSA) is 89.1 Å². The van der Waals surface area contributed by atoms with Crippen LogP contribution in [0.5, 0.6) is 0 Å². The number of aromatic nitrogens is 5. The van der Waals surface area contributed by atoms with Crippen LogP contribution >= 0.6 is 11.6 Å². The number of amides is 2. The van der Waals surface area contributed by atoms with Crippen molar-refractivity contribution in [3.05, 3.63) is 77.6 Å². The molecule has 4 aromatic rings. The van der Waals surface area contributed by atoms with E-state index in [0.717, 1.165) is 16.9 Å². The zero-order valence-electron chi connectivity index (χ0n) is 14.2. The van der Waals surface area contributed by atoms with Crippen molar-refractivity contribution in [3.63, 3.8) is 0 Å². The van der Waals surface area contributed by atoms with Gasteiger partial charge in [0.05, 0.1) is 17.3 Å². The Labute approximate surface area is 159 Å². The molecule has 0 aliphatic rings. The van der Waals surface area contributed by atoms with Crippen molar-refractivity contribution in [1.82, 2.24) is 34.8 Å². The summed E-state index contributed by atoms with van der Waals surface area (Å²) in [6.07, 6.45) is 8.80. The Morgan fingerprint density at radius 1 is 1.11 bits per heavy atom. The van der Waals surface area contributed by atoms with Crippen LogP contribution in [0.3, 0.4) is 0 Å². The highest BCUT2D eigenvalue weighted by Gasteiger charge is 2.06. The Balaban J connectivity index is 1.32. The molecule has 4 aromatic heterocycles. The van der Waals surface area contributed by atoms with E-state index < -0.39 is 0 Å². The average Bonchev–Trinajstić information content (AvgIpc) is 3.34. The van der Waals surface area contributed by atoms with Crippen molar-refractivity contribution in [1.29, 1.82) is 0 Å². The average molecular weight is 382 g/mol. The monoisotopic (exact) mass is 381 g/mol. The van der Waals surface area contributed by atoms with Crippen LogP contribution in [0.15, 0.2) is 61.3 Å². The van der Waals surface area contributed by atoms with Gasteiger partial charge in [0.1, 0.15) is 5.65 Å². The number of urea groups is 1. The minimum Gasteiger partial charge on any atom is -0.334 e. The molecule has 0 radical (unpaired) electrons. The maximum absolute atomic E-state index is 12.1. The molecular weight excluding hydrogens is 366 g/mol. The van der Waals surface area contributed by atoms with Crippen molar-refractivity contribution in [2.24, 2.45) is 0 Å². The summed E-state index contributed by atoms with van der Waals surface area (Å²) in [5.41, 5.74) is 2.45. The van der Waals surface area contributed by atoms with Gasteiger partial charge in [0.25, 0.3) is 0 Å². The lowest BCUT2D eigenvalue weighted by Gasteiger charge is -2.08. The number of nitrogens with zero attached hydrogens (tertiary/aromatic N) is 5. The lowest BCUT2D eigenvalue weighted by Crippen LogP contribution is -2.34. The molecule has 0 aromatic carbocycles. The number of carbonyl (C=O) groups is 1. The number of imidazole rings is 1. The highest BCUT2D eigenvalue weighted by atomic mass is 35.5. The van der Waals surface area contributed by atoms with Gasteiger partial charge in [-0.25, -0.2) is 19.4 Å². The SMILES string of the molecule is O=C(NCc1ccnc(-n2cccn2)c1)NCc1cn2cc(Cl)ccc2n1. The minimum absolute atomic E-state index is 0.275. The summed E-state index contributed by atoms with van der Waals surface area (Å²) in [6, 6.07) is 8.88. The van der Waals surface area contributed by atoms with Gasteiger partial charge in [-0.15, -0.1) is 0 Å². The zero-order chi connectivity index (χ0) is 18.6. The number of halogens is 1. The molecule has 0 atom stereocenters. The second-order valence-corrected chi connectivity index (χ2v) is 6.29. The number of rotatable bonds is 5. The van der Waals surface area contributed by atoms with Gasteiger partial charge in [0.2, 0.25) is 0 Å². The van der Waals surface area contributed by atoms with Crippen LogP contribution in [-0.4, -0.2) is 30.2 Å². The van der Waals surface area contributed by atoms with Gasteiger partial charge in [-0.2, -0.15) is 5.10 Å². The summed E-state index contributed by atoms with van der Waals surface area (Å²) in [7, 11) is 0. The van der Waals surface area contributed by atoms with E-state index >= 15 is 0 Å². The molecule has 2 N–H and O–H groups in total. The molecule has 136 valence electrons. The molecule has 4 rings (SSSR count). The van der Waals surface area contributed by atoms with Gasteiger partial charge >= 0.3 is 6.03 Å². The number of pyridine rings is 2. The van der Waals surface area contributed by atoms with E-state index in [1.165, 1.54) is 0 Å². The molecule has 0 bridgehead atoms. The second kappa shape index (κ2) is 7.46. The van der Waals surface area contributed by atoms with Crippen LogP contribution in [0.2, 0.25) is 5.02 Å². The maximum atomic E-state index is 12.1. The summed E-state index contributed by atoms with van der Waals surface area (Å²) in [5, 5.41) is 10.4. The van der Waals surface area contributed by atoms with Gasteiger partial charge in [-0.3, -0.25) is 0 Å². The lowest BCUT2D eigenvalue weighted by molar-refractivity contribution is 0.240. The number of hydrogen-bond acceptors (Lipinski definition) is 4. The van der Waals surface area contributed by atoms with E-state index in [2.05, 4.69) is 25.7 Å². The summed E-state index contributed by atoms with van der Waals surface area (Å²) in [5.74, 6) is 0.697. The number of hydrogen-bond donors (Lipinski definition) is 2. The van der Waals surface area contributed by atoms with Crippen LogP contribution in [0.4, 0.5) is 4.79 Å². The number of carbonyl (C=O) groups excluding carboxylic acids is 1. The Bertz CT molecular complexity index is 1070. The van der Waals surface area contributed by atoms with Crippen LogP contribution in [0, 0.1) is 0 Å². The molecule has 0 saturated carbocycles. The van der Waals surface area contributed by atoms with E-state index in [0.29, 0.717) is 23.9 Å². The van der Waals surface area contributed by atoms with Crippen molar-refractivity contribution >= 4 is 23.3 Å². The first-order chi connectivity index (χ1) is 13.2. The molecule has 0 fully saturated rings. The van der Waals surface area contributed by atoms with Crippen molar-refractivity contribution in [2.75, 3.05) is 0 Å². The smallest absolute Gasteiger partial charge is 0.315 e. The molecule has 0 aliphatic heterocycles. The standard InChI is InChI=1S/C18H16ClN7O/c19-14-2-3-16-24-15(12-25(16)11-14)10-22-18(27)21-9-13-4-6-20-17(8-13)26-7-1-5-23-26/h1-8,11-12H,9-10H2,(H2,21,22,27). The molecule has 9 heteroatoms. The molecule has 0 saturated heterocycles. The Kier molecular flexibility index (Phi) is 4.71. The predicted octanol–water partition coefficient (Wildman–Crippen LogP) is 2.57. The largest absolute Gasteiger partial charge is 0.334 e. The molecule has 4 heterocycles. The maximum Gasteiger partial charge on any atom is 0.315 e. The summed E-state index contributed by atoms with van der Waals surface area (Å²) < 4.78 is 3.49. The highest BCUT2D eigenvalue weighted by Crippen LogP contribution is 2.11.